The molecule has 0 amide bonds. The van der Waals surface area contributed by atoms with Gasteiger partial charge in [-0.25, -0.2) is 0 Å². The Kier molecular flexibility index (Phi) is 6.84. The number of fused-ring (bicyclic) bond motifs is 1. The topological polar surface area (TPSA) is 48.5 Å². The molecule has 20 heavy (non-hydrogen) atoms. The quantitative estimate of drug-likeness (QED) is 0.797. The highest BCUT2D eigenvalue weighted by Crippen LogP contribution is 2.23. The van der Waals surface area contributed by atoms with E-state index in [1.807, 2.05) is 12.1 Å². The maximum Gasteiger partial charge on any atom is 0.119 e. The first-order chi connectivity index (χ1) is 9.74. The zero-order valence-electron chi connectivity index (χ0n) is 12.5. The molecule has 4 nitrogen and oxygen atoms in total. The Bertz CT molecular complexity index is 534. The van der Waals surface area contributed by atoms with Crippen LogP contribution in [0.2, 0.25) is 0 Å². The number of hydrogen-bond donors (Lipinski definition) is 2. The lowest BCUT2D eigenvalue weighted by atomic mass is 10.1. The maximum atomic E-state index is 7.00. The summed E-state index contributed by atoms with van der Waals surface area (Å²) >= 11 is 0. The van der Waals surface area contributed by atoms with Crippen LogP contribution in [0.15, 0.2) is 37.1 Å². The smallest absolute Gasteiger partial charge is 0.119 e. The van der Waals surface area contributed by atoms with E-state index in [4.69, 9.17) is 9.84 Å². The molecule has 0 aliphatic heterocycles. The van der Waals surface area contributed by atoms with Gasteiger partial charge in [0.2, 0.25) is 0 Å². The van der Waals surface area contributed by atoms with Crippen LogP contribution in [0.4, 0.5) is 0 Å². The van der Waals surface area contributed by atoms with Gasteiger partial charge in [0.1, 0.15) is 5.75 Å². The lowest BCUT2D eigenvalue weighted by Gasteiger charge is -2.13. The number of aromatic nitrogens is 1. The van der Waals surface area contributed by atoms with Crippen molar-refractivity contribution in [2.24, 2.45) is 0 Å². The molecule has 0 radical (unpaired) electrons. The van der Waals surface area contributed by atoms with Crippen LogP contribution in [0.25, 0.3) is 10.9 Å². The number of benzene rings is 1. The van der Waals surface area contributed by atoms with Crippen molar-refractivity contribution < 1.29 is 9.84 Å². The number of rotatable bonds is 6. The largest absolute Gasteiger partial charge is 0.497 e. The number of nitrogens with zero attached hydrogens (tertiary/aromatic N) is 1. The first-order valence-electron chi connectivity index (χ1n) is 6.62. The van der Waals surface area contributed by atoms with E-state index in [2.05, 4.69) is 41.8 Å². The summed E-state index contributed by atoms with van der Waals surface area (Å²) in [5.41, 5.74) is 2.50. The minimum absolute atomic E-state index is 0.905. The van der Waals surface area contributed by atoms with Gasteiger partial charge in [-0.1, -0.05) is 6.08 Å². The van der Waals surface area contributed by atoms with Crippen molar-refractivity contribution in [3.05, 3.63) is 42.6 Å². The van der Waals surface area contributed by atoms with Gasteiger partial charge in [-0.3, -0.25) is 0 Å². The molecule has 0 aliphatic rings. The lowest BCUT2D eigenvalue weighted by molar-refractivity contribution is 0.376. The standard InChI is InChI=1S/C15H20N2O.CH4O/c1-4-8-17(2)9-7-12-11-16-15-6-5-13(18-3)10-14(12)15;1-2/h4-6,10-11,16H,1,7-9H2,2-3H3;2H,1H3. The summed E-state index contributed by atoms with van der Waals surface area (Å²) in [5.74, 6) is 0.905. The molecule has 0 spiro atoms. The Hall–Kier alpha value is -1.78. The van der Waals surface area contributed by atoms with Crippen LogP contribution < -0.4 is 4.74 Å². The summed E-state index contributed by atoms with van der Waals surface area (Å²) in [4.78, 5) is 5.56. The molecule has 4 heteroatoms. The number of aliphatic hydroxyl groups excluding tert-OH is 1. The number of H-pyrrole nitrogens is 1. The van der Waals surface area contributed by atoms with Crippen molar-refractivity contribution in [2.45, 2.75) is 6.42 Å². The van der Waals surface area contributed by atoms with E-state index in [-0.39, 0.29) is 0 Å². The van der Waals surface area contributed by atoms with Gasteiger partial charge >= 0.3 is 0 Å². The number of aromatic amines is 1. The second-order valence-electron chi connectivity index (χ2n) is 4.53. The highest BCUT2D eigenvalue weighted by atomic mass is 16.5. The van der Waals surface area contributed by atoms with Crippen LogP contribution in [-0.2, 0) is 6.42 Å². The Morgan fingerprint density at radius 1 is 1.40 bits per heavy atom. The molecule has 110 valence electrons. The molecular formula is C16H24N2O2. The monoisotopic (exact) mass is 276 g/mol. The van der Waals surface area contributed by atoms with Crippen molar-refractivity contribution >= 4 is 10.9 Å². The maximum absolute atomic E-state index is 7.00. The number of methoxy groups -OCH3 is 1. The van der Waals surface area contributed by atoms with Crippen molar-refractivity contribution in [3.8, 4) is 5.75 Å². The molecule has 1 aromatic carbocycles. The summed E-state index contributed by atoms with van der Waals surface area (Å²) < 4.78 is 5.27. The van der Waals surface area contributed by atoms with Crippen molar-refractivity contribution in [1.82, 2.24) is 9.88 Å². The average molecular weight is 276 g/mol. The highest BCUT2D eigenvalue weighted by molar-refractivity contribution is 5.84. The van der Waals surface area contributed by atoms with Crippen molar-refractivity contribution in [1.29, 1.82) is 0 Å². The third-order valence-electron chi connectivity index (χ3n) is 3.18. The molecule has 1 heterocycles. The van der Waals surface area contributed by atoms with E-state index in [1.54, 1.807) is 7.11 Å². The number of hydrogen-bond acceptors (Lipinski definition) is 3. The predicted octanol–water partition coefficient (Wildman–Crippen LogP) is 2.45. The lowest BCUT2D eigenvalue weighted by Crippen LogP contribution is -2.20. The van der Waals surface area contributed by atoms with E-state index in [0.29, 0.717) is 0 Å². The number of likely N-dealkylation sites (N-methyl/N-ethyl adjacent to an activating group) is 1. The third kappa shape index (κ3) is 4.11. The fourth-order valence-electron chi connectivity index (χ4n) is 2.11. The molecule has 0 saturated carbocycles. The van der Waals surface area contributed by atoms with Gasteiger partial charge < -0.3 is 19.7 Å². The summed E-state index contributed by atoms with van der Waals surface area (Å²) in [6.07, 6.45) is 5.04. The molecule has 0 fully saturated rings. The highest BCUT2D eigenvalue weighted by Gasteiger charge is 2.06. The van der Waals surface area contributed by atoms with Gasteiger partial charge in [0.05, 0.1) is 7.11 Å². The van der Waals surface area contributed by atoms with Crippen LogP contribution in [0.5, 0.6) is 5.75 Å². The number of aliphatic hydroxyl groups is 1. The van der Waals surface area contributed by atoms with Crippen LogP contribution in [0.3, 0.4) is 0 Å². The minimum Gasteiger partial charge on any atom is -0.497 e. The van der Waals surface area contributed by atoms with Gasteiger partial charge in [-0.05, 0) is 37.2 Å². The summed E-state index contributed by atoms with van der Waals surface area (Å²) in [5, 5.41) is 8.25. The fraction of sp³-hybridized carbons (Fsp3) is 0.375. The zero-order chi connectivity index (χ0) is 15.0. The zero-order valence-corrected chi connectivity index (χ0v) is 12.5. The molecule has 0 unspecified atom stereocenters. The number of ether oxygens (including phenoxy) is 1. The van der Waals surface area contributed by atoms with Crippen LogP contribution in [0, 0.1) is 0 Å². The van der Waals surface area contributed by atoms with E-state index in [1.165, 1.54) is 10.9 Å². The summed E-state index contributed by atoms with van der Waals surface area (Å²) in [6.45, 7) is 5.70. The molecule has 0 atom stereocenters. The van der Waals surface area contributed by atoms with Gasteiger partial charge in [0.15, 0.2) is 0 Å². The van der Waals surface area contributed by atoms with E-state index in [9.17, 15) is 0 Å². The predicted molar refractivity (Wildman–Crippen MR) is 84.4 cm³/mol. The third-order valence-corrected chi connectivity index (χ3v) is 3.18. The Balaban J connectivity index is 0.000000956. The van der Waals surface area contributed by atoms with Gasteiger partial charge in [-0.2, -0.15) is 0 Å². The second-order valence-corrected chi connectivity index (χ2v) is 4.53. The Morgan fingerprint density at radius 3 is 2.80 bits per heavy atom. The fourth-order valence-corrected chi connectivity index (χ4v) is 2.11. The molecule has 2 N–H and O–H groups in total. The molecule has 2 aromatic rings. The number of nitrogens with one attached hydrogen (secondary N) is 1. The van der Waals surface area contributed by atoms with Crippen LogP contribution >= 0.6 is 0 Å². The van der Waals surface area contributed by atoms with Crippen molar-refractivity contribution in [2.75, 3.05) is 34.4 Å². The molecule has 2 rings (SSSR count). The van der Waals surface area contributed by atoms with E-state index < -0.39 is 0 Å². The molecule has 0 bridgehead atoms. The molecule has 1 aromatic heterocycles. The first-order valence-corrected chi connectivity index (χ1v) is 6.62. The minimum atomic E-state index is 0.905. The average Bonchev–Trinajstić information content (AvgIpc) is 2.89. The van der Waals surface area contributed by atoms with Crippen LogP contribution in [0.1, 0.15) is 5.56 Å². The van der Waals surface area contributed by atoms with Gasteiger partial charge in [0, 0.05) is 37.3 Å². The normalized spacial score (nSPS) is 10.2. The summed E-state index contributed by atoms with van der Waals surface area (Å²) in [7, 11) is 4.81. The Morgan fingerprint density at radius 2 is 2.15 bits per heavy atom. The SMILES string of the molecule is C=CCN(C)CCc1c[nH]c2ccc(OC)cc12.CO. The summed E-state index contributed by atoms with van der Waals surface area (Å²) in [6, 6.07) is 6.13. The molecular weight excluding hydrogens is 252 g/mol. The van der Waals surface area contributed by atoms with E-state index in [0.717, 1.165) is 37.9 Å². The van der Waals surface area contributed by atoms with Gasteiger partial charge in [-0.15, -0.1) is 6.58 Å². The molecule has 0 aliphatic carbocycles. The molecule has 0 saturated heterocycles. The second kappa shape index (κ2) is 8.40. The Labute approximate surface area is 120 Å². The first kappa shape index (κ1) is 16.3. The van der Waals surface area contributed by atoms with Crippen LogP contribution in [-0.4, -0.2) is 49.3 Å². The van der Waals surface area contributed by atoms with Gasteiger partial charge in [0.25, 0.3) is 0 Å². The van der Waals surface area contributed by atoms with E-state index >= 15 is 0 Å². The van der Waals surface area contributed by atoms with Crippen molar-refractivity contribution in [3.63, 3.8) is 0 Å².